The fraction of sp³-hybridized carbons (Fsp3) is 0.455. The molecule has 1 aliphatic rings. The van der Waals surface area contributed by atoms with Gasteiger partial charge < -0.3 is 10.2 Å². The summed E-state index contributed by atoms with van der Waals surface area (Å²) in [6, 6.07) is 16.7. The summed E-state index contributed by atoms with van der Waals surface area (Å²) in [5.41, 5.74) is 2.27. The molecule has 27 heavy (non-hydrogen) atoms. The average molecular weight is 388 g/mol. The number of carbonyl (C=O) groups excluding carboxylic acids is 1. The van der Waals surface area contributed by atoms with Crippen molar-refractivity contribution in [2.45, 2.75) is 51.1 Å². The van der Waals surface area contributed by atoms with E-state index in [0.717, 1.165) is 50.9 Å². The van der Waals surface area contributed by atoms with Crippen molar-refractivity contribution in [3.05, 3.63) is 66.0 Å². The average Bonchev–Trinajstić information content (AvgIpc) is 2.97. The van der Waals surface area contributed by atoms with Crippen molar-refractivity contribution in [1.29, 1.82) is 0 Å². The van der Waals surface area contributed by atoms with Gasteiger partial charge in [0.2, 0.25) is 5.91 Å². The van der Waals surface area contributed by atoms with Crippen LogP contribution in [0.3, 0.4) is 0 Å². The third kappa shape index (κ3) is 6.96. The number of hydrogen-bond donors (Lipinski definition) is 1. The van der Waals surface area contributed by atoms with Gasteiger partial charge in [0.1, 0.15) is 0 Å². The van der Waals surface area contributed by atoms with Gasteiger partial charge in [-0.15, -0.1) is 12.4 Å². The normalized spacial score (nSPS) is 16.8. The Morgan fingerprint density at radius 1 is 1.07 bits per heavy atom. The number of halogens is 1. The smallest absolute Gasteiger partial charge is 0.223 e. The monoisotopic (exact) mass is 387 g/mol. The van der Waals surface area contributed by atoms with Crippen molar-refractivity contribution in [2.75, 3.05) is 13.1 Å². The van der Waals surface area contributed by atoms with Crippen molar-refractivity contribution in [2.24, 2.45) is 0 Å². The van der Waals surface area contributed by atoms with Crippen LogP contribution in [-0.4, -0.2) is 34.9 Å². The number of aryl methyl sites for hydroxylation is 1. The van der Waals surface area contributed by atoms with E-state index in [1.54, 1.807) is 0 Å². The predicted molar refractivity (Wildman–Crippen MR) is 112 cm³/mol. The summed E-state index contributed by atoms with van der Waals surface area (Å²) in [6.07, 6.45) is 7.48. The molecule has 1 aliphatic heterocycles. The number of carbonyl (C=O) groups is 1. The molecule has 146 valence electrons. The van der Waals surface area contributed by atoms with E-state index < -0.39 is 0 Å². The van der Waals surface area contributed by atoms with Crippen LogP contribution in [0.5, 0.6) is 0 Å². The van der Waals surface area contributed by atoms with Gasteiger partial charge in [0.25, 0.3) is 0 Å². The molecule has 1 amide bonds. The van der Waals surface area contributed by atoms with Crippen molar-refractivity contribution in [1.82, 2.24) is 15.2 Å². The minimum Gasteiger partial charge on any atom is -0.334 e. The quantitative estimate of drug-likeness (QED) is 0.781. The second-order valence-electron chi connectivity index (χ2n) is 7.02. The van der Waals surface area contributed by atoms with Crippen molar-refractivity contribution in [3.8, 4) is 0 Å². The first-order valence-corrected chi connectivity index (χ1v) is 9.77. The number of hydrogen-bond acceptors (Lipinski definition) is 3. The zero-order valence-electron chi connectivity index (χ0n) is 15.8. The molecule has 0 saturated carbocycles. The van der Waals surface area contributed by atoms with E-state index in [0.29, 0.717) is 19.0 Å². The number of benzene rings is 1. The van der Waals surface area contributed by atoms with Gasteiger partial charge in [-0.05, 0) is 62.9 Å². The van der Waals surface area contributed by atoms with Crippen LogP contribution in [0.15, 0.2) is 54.7 Å². The minimum atomic E-state index is 0. The van der Waals surface area contributed by atoms with Gasteiger partial charge in [-0.25, -0.2) is 0 Å². The maximum absolute atomic E-state index is 13.0. The summed E-state index contributed by atoms with van der Waals surface area (Å²) < 4.78 is 0. The van der Waals surface area contributed by atoms with Crippen LogP contribution in [0.2, 0.25) is 0 Å². The molecule has 1 aromatic carbocycles. The maximum Gasteiger partial charge on any atom is 0.223 e. The minimum absolute atomic E-state index is 0. The summed E-state index contributed by atoms with van der Waals surface area (Å²) in [5.74, 6) is 0.262. The van der Waals surface area contributed by atoms with Gasteiger partial charge in [-0.3, -0.25) is 9.78 Å². The first-order valence-electron chi connectivity index (χ1n) is 9.77. The Morgan fingerprint density at radius 2 is 1.89 bits per heavy atom. The number of nitrogens with zero attached hydrogens (tertiary/aromatic N) is 2. The number of rotatable bonds is 7. The second kappa shape index (κ2) is 11.7. The Labute approximate surface area is 168 Å². The SMILES string of the molecule is Cl.O=C(CCCc1ccccc1)N(Cc1ccccn1)C1CCCNCC1. The van der Waals surface area contributed by atoms with Crippen LogP contribution in [0.1, 0.15) is 43.4 Å². The zero-order chi connectivity index (χ0) is 18.0. The molecule has 0 spiro atoms. The lowest BCUT2D eigenvalue weighted by molar-refractivity contribution is -0.134. The number of pyridine rings is 1. The molecular weight excluding hydrogens is 358 g/mol. The molecule has 0 aliphatic carbocycles. The van der Waals surface area contributed by atoms with Crippen LogP contribution in [0.25, 0.3) is 0 Å². The Balaban J connectivity index is 0.00000261. The zero-order valence-corrected chi connectivity index (χ0v) is 16.7. The van der Waals surface area contributed by atoms with Gasteiger partial charge in [-0.1, -0.05) is 36.4 Å². The highest BCUT2D eigenvalue weighted by atomic mass is 35.5. The molecule has 2 aromatic rings. The lowest BCUT2D eigenvalue weighted by Gasteiger charge is -2.31. The summed E-state index contributed by atoms with van der Waals surface area (Å²) >= 11 is 0. The number of amides is 1. The molecular formula is C22H30ClN3O. The van der Waals surface area contributed by atoms with Crippen LogP contribution < -0.4 is 5.32 Å². The van der Waals surface area contributed by atoms with Gasteiger partial charge in [0.05, 0.1) is 12.2 Å². The van der Waals surface area contributed by atoms with Gasteiger partial charge in [0, 0.05) is 18.7 Å². The van der Waals surface area contributed by atoms with E-state index >= 15 is 0 Å². The number of nitrogens with one attached hydrogen (secondary N) is 1. The first-order chi connectivity index (χ1) is 12.8. The van der Waals surface area contributed by atoms with E-state index in [9.17, 15) is 4.79 Å². The summed E-state index contributed by atoms with van der Waals surface area (Å²) in [5, 5.41) is 3.45. The topological polar surface area (TPSA) is 45.2 Å². The Morgan fingerprint density at radius 3 is 2.67 bits per heavy atom. The van der Waals surface area contributed by atoms with Crippen LogP contribution >= 0.6 is 12.4 Å². The Bertz CT molecular complexity index is 658. The van der Waals surface area contributed by atoms with E-state index in [4.69, 9.17) is 0 Å². The standard InChI is InChI=1S/C22H29N3O.ClH/c26-22(13-6-10-19-8-2-1-3-9-19)25(18-20-11-4-5-16-24-20)21-12-7-15-23-17-14-21;/h1-5,8-9,11,16,21,23H,6-7,10,12-15,17-18H2;1H. The molecule has 2 heterocycles. The molecule has 5 heteroatoms. The van der Waals surface area contributed by atoms with Crippen molar-refractivity contribution < 1.29 is 4.79 Å². The van der Waals surface area contributed by atoms with Crippen LogP contribution in [0, 0.1) is 0 Å². The van der Waals surface area contributed by atoms with Gasteiger partial charge in [0.15, 0.2) is 0 Å². The molecule has 1 saturated heterocycles. The Hall–Kier alpha value is -1.91. The second-order valence-corrected chi connectivity index (χ2v) is 7.02. The molecule has 0 radical (unpaired) electrons. The van der Waals surface area contributed by atoms with E-state index in [-0.39, 0.29) is 18.3 Å². The van der Waals surface area contributed by atoms with Crippen LogP contribution in [-0.2, 0) is 17.8 Å². The molecule has 1 fully saturated rings. The van der Waals surface area contributed by atoms with E-state index in [1.807, 2.05) is 30.5 Å². The molecule has 1 unspecified atom stereocenters. The largest absolute Gasteiger partial charge is 0.334 e. The summed E-state index contributed by atoms with van der Waals surface area (Å²) in [7, 11) is 0. The molecule has 1 aromatic heterocycles. The molecule has 3 rings (SSSR count). The van der Waals surface area contributed by atoms with Crippen LogP contribution in [0.4, 0.5) is 0 Å². The summed E-state index contributed by atoms with van der Waals surface area (Å²) in [4.78, 5) is 19.5. The molecule has 1 N–H and O–H groups in total. The van der Waals surface area contributed by atoms with Gasteiger partial charge in [-0.2, -0.15) is 0 Å². The fourth-order valence-electron chi connectivity index (χ4n) is 3.63. The summed E-state index contributed by atoms with van der Waals surface area (Å²) in [6.45, 7) is 2.66. The van der Waals surface area contributed by atoms with Gasteiger partial charge >= 0.3 is 0 Å². The fourth-order valence-corrected chi connectivity index (χ4v) is 3.63. The molecule has 4 nitrogen and oxygen atoms in total. The Kier molecular flexibility index (Phi) is 9.29. The van der Waals surface area contributed by atoms with Crippen molar-refractivity contribution in [3.63, 3.8) is 0 Å². The highest BCUT2D eigenvalue weighted by Gasteiger charge is 2.24. The highest BCUT2D eigenvalue weighted by molar-refractivity contribution is 5.85. The molecule has 0 bridgehead atoms. The third-order valence-electron chi connectivity index (χ3n) is 5.06. The maximum atomic E-state index is 13.0. The number of aromatic nitrogens is 1. The van der Waals surface area contributed by atoms with E-state index in [1.165, 1.54) is 5.56 Å². The lowest BCUT2D eigenvalue weighted by Crippen LogP contribution is -2.40. The highest BCUT2D eigenvalue weighted by Crippen LogP contribution is 2.18. The first kappa shape index (κ1) is 21.4. The third-order valence-corrected chi connectivity index (χ3v) is 5.06. The lowest BCUT2D eigenvalue weighted by atomic mass is 10.0. The predicted octanol–water partition coefficient (Wildman–Crippen LogP) is 4.00. The van der Waals surface area contributed by atoms with Crippen molar-refractivity contribution >= 4 is 18.3 Å². The molecule has 1 atom stereocenters. The van der Waals surface area contributed by atoms with E-state index in [2.05, 4.69) is 39.5 Å².